The molecule has 0 spiro atoms. The number of carbonyl (C=O) groups excluding carboxylic acids is 2. The highest BCUT2D eigenvalue weighted by atomic mass is 16.5. The lowest BCUT2D eigenvalue weighted by atomic mass is 10.1. The van der Waals surface area contributed by atoms with Gasteiger partial charge in [-0.25, -0.2) is 14.3 Å². The highest BCUT2D eigenvalue weighted by molar-refractivity contribution is 6.31. The summed E-state index contributed by atoms with van der Waals surface area (Å²) in [6.07, 6.45) is 0.867. The number of rotatable bonds is 4. The zero-order valence-electron chi connectivity index (χ0n) is 12.2. The van der Waals surface area contributed by atoms with E-state index in [1.807, 2.05) is 0 Å². The van der Waals surface area contributed by atoms with Crippen LogP contribution in [0, 0.1) is 0 Å². The summed E-state index contributed by atoms with van der Waals surface area (Å²) in [7, 11) is 1.10. The number of carboxylic acid groups (broad SMARTS) is 2. The van der Waals surface area contributed by atoms with Crippen molar-refractivity contribution < 1.29 is 34.1 Å². The molecular weight excluding hydrogens is 320 g/mol. The Balaban J connectivity index is 2.25. The molecule has 0 fully saturated rings. The molecule has 9 nitrogen and oxygen atoms in total. The number of aromatic nitrogens is 1. The number of hydrogen-bond acceptors (Lipinski definition) is 5. The number of methoxy groups -OCH3 is 1. The van der Waals surface area contributed by atoms with Gasteiger partial charge < -0.3 is 14.9 Å². The molecule has 2 amide bonds. The van der Waals surface area contributed by atoms with Crippen LogP contribution in [0.1, 0.15) is 41.6 Å². The molecule has 0 atom stereocenters. The molecule has 0 saturated carbocycles. The van der Waals surface area contributed by atoms with Gasteiger partial charge in [0.05, 0.1) is 18.2 Å². The van der Waals surface area contributed by atoms with Crippen molar-refractivity contribution in [3.63, 3.8) is 0 Å². The Labute approximate surface area is 134 Å². The van der Waals surface area contributed by atoms with Crippen LogP contribution in [0.4, 0.5) is 0 Å². The molecule has 0 aliphatic carbocycles. The van der Waals surface area contributed by atoms with E-state index in [1.54, 1.807) is 12.1 Å². The standard InChI is InChI=1S/C15H10N2O7/c1-24-11-9(14(20)21)6-16(10(11)15(22)23)17-12(18)7-4-2-3-5-8(7)13(17)19/h2-6H,1H3,(H,20,21)(H,22,23). The number of carboxylic acids is 2. The van der Waals surface area contributed by atoms with Gasteiger partial charge in [0.2, 0.25) is 0 Å². The van der Waals surface area contributed by atoms with E-state index < -0.39 is 40.8 Å². The molecule has 2 heterocycles. The summed E-state index contributed by atoms with van der Waals surface area (Å²) < 4.78 is 5.54. The van der Waals surface area contributed by atoms with Crippen LogP contribution in [-0.2, 0) is 0 Å². The monoisotopic (exact) mass is 330 g/mol. The quantitative estimate of drug-likeness (QED) is 0.795. The first-order chi connectivity index (χ1) is 11.4. The minimum Gasteiger partial charge on any atom is -0.493 e. The third-order valence-corrected chi connectivity index (χ3v) is 3.57. The van der Waals surface area contributed by atoms with Gasteiger partial charge in [-0.1, -0.05) is 12.1 Å². The van der Waals surface area contributed by atoms with Crippen molar-refractivity contribution in [1.29, 1.82) is 0 Å². The van der Waals surface area contributed by atoms with Crippen molar-refractivity contribution in [2.75, 3.05) is 12.1 Å². The SMILES string of the molecule is COc1c(C(=O)O)cn(N2C(=O)c3ccccc3C2=O)c1C(=O)O. The minimum absolute atomic E-state index is 0.100. The number of nitrogens with zero attached hydrogens (tertiary/aromatic N) is 2. The highest BCUT2D eigenvalue weighted by Gasteiger charge is 2.40. The van der Waals surface area contributed by atoms with Crippen LogP contribution in [0.15, 0.2) is 30.5 Å². The van der Waals surface area contributed by atoms with Gasteiger partial charge in [0.1, 0.15) is 5.56 Å². The second-order valence-corrected chi connectivity index (χ2v) is 4.85. The molecule has 0 radical (unpaired) electrons. The van der Waals surface area contributed by atoms with E-state index >= 15 is 0 Å². The van der Waals surface area contributed by atoms with Crippen molar-refractivity contribution >= 4 is 23.8 Å². The molecule has 9 heteroatoms. The van der Waals surface area contributed by atoms with Gasteiger partial charge in [0.25, 0.3) is 11.8 Å². The third kappa shape index (κ3) is 1.95. The Kier molecular flexibility index (Phi) is 3.33. The number of hydrogen-bond donors (Lipinski definition) is 2. The molecule has 2 N–H and O–H groups in total. The van der Waals surface area contributed by atoms with E-state index in [9.17, 15) is 29.4 Å². The predicted molar refractivity (Wildman–Crippen MR) is 78.2 cm³/mol. The van der Waals surface area contributed by atoms with E-state index in [0.29, 0.717) is 9.69 Å². The van der Waals surface area contributed by atoms with Crippen molar-refractivity contribution in [3.8, 4) is 5.75 Å². The van der Waals surface area contributed by atoms with Crippen LogP contribution in [0.2, 0.25) is 0 Å². The summed E-state index contributed by atoms with van der Waals surface area (Å²) in [5, 5.41) is 19.1. The van der Waals surface area contributed by atoms with E-state index in [4.69, 9.17) is 4.74 Å². The fourth-order valence-corrected chi connectivity index (χ4v) is 2.56. The topological polar surface area (TPSA) is 126 Å². The van der Waals surface area contributed by atoms with Crippen molar-refractivity contribution in [3.05, 3.63) is 52.8 Å². The summed E-state index contributed by atoms with van der Waals surface area (Å²) in [5.41, 5.74) is -0.914. The molecule has 122 valence electrons. The molecule has 3 rings (SSSR count). The number of imide groups is 1. The van der Waals surface area contributed by atoms with Gasteiger partial charge in [-0.15, -0.1) is 0 Å². The summed E-state index contributed by atoms with van der Waals surface area (Å²) in [4.78, 5) is 47.8. The third-order valence-electron chi connectivity index (χ3n) is 3.57. The molecule has 1 aromatic heterocycles. The number of fused-ring (bicyclic) bond motifs is 1. The Morgan fingerprint density at radius 3 is 1.96 bits per heavy atom. The van der Waals surface area contributed by atoms with Crippen molar-refractivity contribution in [1.82, 2.24) is 4.68 Å². The maximum atomic E-state index is 12.5. The second-order valence-electron chi connectivity index (χ2n) is 4.85. The first-order valence-electron chi connectivity index (χ1n) is 6.62. The van der Waals surface area contributed by atoms with Crippen molar-refractivity contribution in [2.45, 2.75) is 0 Å². The Morgan fingerprint density at radius 1 is 1.00 bits per heavy atom. The molecule has 1 aliphatic rings. The molecular formula is C15H10N2O7. The zero-order chi connectivity index (χ0) is 17.6. The van der Waals surface area contributed by atoms with Gasteiger partial charge in [0, 0.05) is 6.20 Å². The van der Waals surface area contributed by atoms with Crippen LogP contribution < -0.4 is 9.75 Å². The number of ether oxygens (including phenoxy) is 1. The molecule has 0 bridgehead atoms. The Hall–Kier alpha value is -3.62. The van der Waals surface area contributed by atoms with Crippen LogP contribution in [0.25, 0.3) is 0 Å². The van der Waals surface area contributed by atoms with E-state index in [1.165, 1.54) is 12.1 Å². The number of amides is 2. The van der Waals surface area contributed by atoms with Gasteiger partial charge in [-0.05, 0) is 12.1 Å². The largest absolute Gasteiger partial charge is 0.493 e. The number of benzene rings is 1. The lowest BCUT2D eigenvalue weighted by molar-refractivity contribution is 0.0678. The molecule has 1 aromatic carbocycles. The van der Waals surface area contributed by atoms with Crippen LogP contribution in [0.3, 0.4) is 0 Å². The van der Waals surface area contributed by atoms with Gasteiger partial charge in [-0.3, -0.25) is 9.59 Å². The first kappa shape index (κ1) is 15.3. The number of aromatic carboxylic acids is 2. The van der Waals surface area contributed by atoms with Crippen LogP contribution in [0.5, 0.6) is 5.75 Å². The fourth-order valence-electron chi connectivity index (χ4n) is 2.56. The van der Waals surface area contributed by atoms with Gasteiger partial charge >= 0.3 is 11.9 Å². The summed E-state index contributed by atoms with van der Waals surface area (Å²) in [6.45, 7) is 0. The summed E-state index contributed by atoms with van der Waals surface area (Å²) in [5.74, 6) is -4.97. The average Bonchev–Trinajstić information content (AvgIpc) is 3.04. The lowest BCUT2D eigenvalue weighted by Gasteiger charge is -2.17. The van der Waals surface area contributed by atoms with Crippen LogP contribution in [-0.4, -0.2) is 45.8 Å². The molecule has 24 heavy (non-hydrogen) atoms. The smallest absolute Gasteiger partial charge is 0.358 e. The van der Waals surface area contributed by atoms with E-state index in [-0.39, 0.29) is 11.1 Å². The molecule has 0 unspecified atom stereocenters. The maximum absolute atomic E-state index is 12.5. The number of carbonyl (C=O) groups is 4. The Bertz CT molecular complexity index is 878. The van der Waals surface area contributed by atoms with E-state index in [2.05, 4.69) is 0 Å². The molecule has 2 aromatic rings. The summed E-state index contributed by atoms with van der Waals surface area (Å²) in [6, 6.07) is 5.97. The second kappa shape index (κ2) is 5.23. The van der Waals surface area contributed by atoms with E-state index in [0.717, 1.165) is 13.3 Å². The van der Waals surface area contributed by atoms with Crippen LogP contribution >= 0.6 is 0 Å². The lowest BCUT2D eigenvalue weighted by Crippen LogP contribution is -2.41. The first-order valence-corrected chi connectivity index (χ1v) is 6.62. The normalized spacial score (nSPS) is 13.1. The minimum atomic E-state index is -1.55. The molecule has 1 aliphatic heterocycles. The van der Waals surface area contributed by atoms with Crippen molar-refractivity contribution in [2.24, 2.45) is 0 Å². The maximum Gasteiger partial charge on any atom is 0.358 e. The zero-order valence-corrected chi connectivity index (χ0v) is 12.2. The Morgan fingerprint density at radius 2 is 1.54 bits per heavy atom. The predicted octanol–water partition coefficient (Wildman–Crippen LogP) is 0.825. The summed E-state index contributed by atoms with van der Waals surface area (Å²) >= 11 is 0. The van der Waals surface area contributed by atoms with Gasteiger partial charge in [0.15, 0.2) is 11.4 Å². The fraction of sp³-hybridized carbons (Fsp3) is 0.0667. The average molecular weight is 330 g/mol. The van der Waals surface area contributed by atoms with Gasteiger partial charge in [-0.2, -0.15) is 5.01 Å². The highest BCUT2D eigenvalue weighted by Crippen LogP contribution is 2.30. The molecule has 0 saturated heterocycles.